The molecule has 2 nitrogen and oxygen atoms in total. The first kappa shape index (κ1) is 61.9. The van der Waals surface area contributed by atoms with Crippen LogP contribution in [-0.2, 0) is 0 Å². The molecular formula is C60H126N2+2. The number of nitrogens with zero attached hydrogens (tertiary/aromatic N) is 2. The molecule has 0 aromatic carbocycles. The van der Waals surface area contributed by atoms with E-state index >= 15 is 0 Å². The SMILES string of the molecule is CCCCCCCC[N+](CCCCCCCC)(CCCCCCCC)CCCCCCCCCCCC[N+](CCCCCCCC)(CCCCCCCC)CCCCCCCC. The lowest BCUT2D eigenvalue weighted by atomic mass is 10.0. The summed E-state index contributed by atoms with van der Waals surface area (Å²) in [6.45, 7) is 26.0. The van der Waals surface area contributed by atoms with Crippen molar-refractivity contribution in [3.05, 3.63) is 0 Å². The third-order valence-electron chi connectivity index (χ3n) is 15.4. The first-order chi connectivity index (χ1) is 30.6. The van der Waals surface area contributed by atoms with Crippen molar-refractivity contribution < 1.29 is 8.97 Å². The van der Waals surface area contributed by atoms with Crippen LogP contribution in [0.15, 0.2) is 0 Å². The molecule has 0 bridgehead atoms. The molecule has 0 amide bonds. The summed E-state index contributed by atoms with van der Waals surface area (Å²) in [5.74, 6) is 0. The molecule has 0 aliphatic carbocycles. The van der Waals surface area contributed by atoms with Crippen LogP contribution in [0, 0.1) is 0 Å². The Hall–Kier alpha value is -0.0800. The molecule has 0 atom stereocenters. The van der Waals surface area contributed by atoms with Crippen LogP contribution in [0.3, 0.4) is 0 Å². The molecule has 0 spiro atoms. The van der Waals surface area contributed by atoms with E-state index in [1.165, 1.54) is 357 Å². The largest absolute Gasteiger partial charge is 0.324 e. The maximum atomic E-state index is 2.36. The van der Waals surface area contributed by atoms with Gasteiger partial charge in [0, 0.05) is 0 Å². The highest BCUT2D eigenvalue weighted by Gasteiger charge is 2.27. The van der Waals surface area contributed by atoms with Gasteiger partial charge in [-0.05, 0) is 103 Å². The van der Waals surface area contributed by atoms with Gasteiger partial charge in [0.25, 0.3) is 0 Å². The van der Waals surface area contributed by atoms with Gasteiger partial charge in [0.15, 0.2) is 0 Å². The van der Waals surface area contributed by atoms with Crippen molar-refractivity contribution >= 4 is 0 Å². The molecule has 0 aromatic rings. The van der Waals surface area contributed by atoms with Crippen molar-refractivity contribution in [2.75, 3.05) is 52.4 Å². The van der Waals surface area contributed by atoms with E-state index in [1.807, 2.05) is 0 Å². The fraction of sp³-hybridized carbons (Fsp3) is 1.00. The van der Waals surface area contributed by atoms with Crippen LogP contribution in [0.5, 0.6) is 0 Å². The summed E-state index contributed by atoms with van der Waals surface area (Å²) in [7, 11) is 0. The number of hydrogen-bond acceptors (Lipinski definition) is 0. The molecule has 0 saturated heterocycles. The summed E-state index contributed by atoms with van der Waals surface area (Å²) >= 11 is 0. The minimum absolute atomic E-state index is 1.37. The van der Waals surface area contributed by atoms with Crippen molar-refractivity contribution in [3.63, 3.8) is 0 Å². The van der Waals surface area contributed by atoms with Crippen molar-refractivity contribution in [1.82, 2.24) is 0 Å². The Kier molecular flexibility index (Phi) is 50.3. The molecule has 0 saturated carbocycles. The molecule has 0 heterocycles. The van der Waals surface area contributed by atoms with Gasteiger partial charge >= 0.3 is 0 Å². The Morgan fingerprint density at radius 1 is 0.129 bits per heavy atom. The zero-order chi connectivity index (χ0) is 45.2. The highest BCUT2D eigenvalue weighted by Crippen LogP contribution is 2.23. The van der Waals surface area contributed by atoms with Gasteiger partial charge in [0.2, 0.25) is 0 Å². The fourth-order valence-electron chi connectivity index (χ4n) is 11.0. The molecule has 0 aliphatic rings. The highest BCUT2D eigenvalue weighted by molar-refractivity contribution is 4.58. The average molecular weight is 876 g/mol. The van der Waals surface area contributed by atoms with Crippen LogP contribution in [-0.4, -0.2) is 61.3 Å². The maximum absolute atomic E-state index is 2.36. The molecule has 0 rings (SSSR count). The van der Waals surface area contributed by atoms with Gasteiger partial charge in [-0.2, -0.15) is 0 Å². The van der Waals surface area contributed by atoms with Crippen molar-refractivity contribution in [2.45, 2.75) is 337 Å². The lowest BCUT2D eigenvalue weighted by Gasteiger charge is -2.40. The third-order valence-corrected chi connectivity index (χ3v) is 15.4. The number of hydrogen-bond donors (Lipinski definition) is 0. The lowest BCUT2D eigenvalue weighted by molar-refractivity contribution is -0.929. The van der Waals surface area contributed by atoms with E-state index < -0.39 is 0 Å². The molecule has 0 fully saturated rings. The van der Waals surface area contributed by atoms with E-state index in [4.69, 9.17) is 0 Å². The Labute approximate surface area is 396 Å². The van der Waals surface area contributed by atoms with E-state index in [2.05, 4.69) is 41.5 Å². The molecule has 0 aromatic heterocycles. The molecule has 374 valence electrons. The topological polar surface area (TPSA) is 0 Å². The average Bonchev–Trinajstić information content (AvgIpc) is 3.28. The summed E-state index contributed by atoms with van der Waals surface area (Å²) in [5.41, 5.74) is 0. The van der Waals surface area contributed by atoms with Crippen LogP contribution in [0.2, 0.25) is 0 Å². The van der Waals surface area contributed by atoms with Gasteiger partial charge in [-0.25, -0.2) is 0 Å². The first-order valence-electron chi connectivity index (χ1n) is 30.3. The van der Waals surface area contributed by atoms with Gasteiger partial charge in [0.1, 0.15) is 0 Å². The van der Waals surface area contributed by atoms with E-state index in [-0.39, 0.29) is 0 Å². The Bertz CT molecular complexity index is 659. The van der Waals surface area contributed by atoms with Crippen LogP contribution in [0.4, 0.5) is 0 Å². The summed E-state index contributed by atoms with van der Waals surface area (Å²) < 4.78 is 2.96. The quantitative estimate of drug-likeness (QED) is 0.0422. The number of quaternary nitrogens is 2. The van der Waals surface area contributed by atoms with Crippen molar-refractivity contribution in [3.8, 4) is 0 Å². The highest BCUT2D eigenvalue weighted by atomic mass is 15.4. The first-order valence-corrected chi connectivity index (χ1v) is 30.3. The summed E-state index contributed by atoms with van der Waals surface area (Å²) in [6, 6.07) is 0. The summed E-state index contributed by atoms with van der Waals surface area (Å²) in [6.07, 6.45) is 67.0. The normalized spacial score (nSPS) is 12.3. The molecule has 0 aliphatic heterocycles. The number of rotatable bonds is 55. The Morgan fingerprint density at radius 3 is 0.339 bits per heavy atom. The van der Waals surface area contributed by atoms with Crippen LogP contribution < -0.4 is 0 Å². The second kappa shape index (κ2) is 50.3. The van der Waals surface area contributed by atoms with E-state index in [0.717, 1.165) is 0 Å². The minimum Gasteiger partial charge on any atom is -0.324 e. The Balaban J connectivity index is 4.99. The summed E-state index contributed by atoms with van der Waals surface area (Å²) in [4.78, 5) is 0. The smallest absolute Gasteiger partial charge is 0.0786 e. The van der Waals surface area contributed by atoms with Crippen LogP contribution in [0.1, 0.15) is 337 Å². The molecule has 62 heavy (non-hydrogen) atoms. The standard InChI is InChI=1S/C60H126N2/c1-7-13-19-25-37-45-53-61(54-46-38-26-20-14-8-2,55-47-39-27-21-15-9-3)59-51-43-35-33-31-32-34-36-44-52-60-62(56-48-40-28-22-16-10-4,57-49-41-29-23-17-11-5)58-50-42-30-24-18-12-6/h7-60H2,1-6H3/q+2. The van der Waals surface area contributed by atoms with Gasteiger partial charge in [-0.3, -0.25) is 0 Å². The van der Waals surface area contributed by atoms with Gasteiger partial charge in [-0.15, -0.1) is 0 Å². The molecule has 0 unspecified atom stereocenters. The predicted octanol–water partition coefficient (Wildman–Crippen LogP) is 20.7. The van der Waals surface area contributed by atoms with Crippen LogP contribution in [0.25, 0.3) is 0 Å². The van der Waals surface area contributed by atoms with Gasteiger partial charge < -0.3 is 8.97 Å². The van der Waals surface area contributed by atoms with Crippen molar-refractivity contribution in [1.29, 1.82) is 0 Å². The zero-order valence-corrected chi connectivity index (χ0v) is 45.1. The second-order valence-electron chi connectivity index (χ2n) is 21.6. The second-order valence-corrected chi connectivity index (χ2v) is 21.6. The molecular weight excluding hydrogens is 749 g/mol. The van der Waals surface area contributed by atoms with Gasteiger partial charge in [0.05, 0.1) is 52.4 Å². The molecule has 2 heteroatoms. The lowest BCUT2D eigenvalue weighted by Crippen LogP contribution is -2.50. The summed E-state index contributed by atoms with van der Waals surface area (Å²) in [5, 5.41) is 0. The van der Waals surface area contributed by atoms with Crippen molar-refractivity contribution in [2.24, 2.45) is 0 Å². The van der Waals surface area contributed by atoms with E-state index in [0.29, 0.717) is 0 Å². The maximum Gasteiger partial charge on any atom is 0.0786 e. The predicted molar refractivity (Wildman–Crippen MR) is 286 cm³/mol. The Morgan fingerprint density at radius 2 is 0.226 bits per heavy atom. The monoisotopic (exact) mass is 875 g/mol. The molecule has 0 N–H and O–H groups in total. The number of unbranched alkanes of at least 4 members (excludes halogenated alkanes) is 39. The molecule has 0 radical (unpaired) electrons. The van der Waals surface area contributed by atoms with Gasteiger partial charge in [-0.1, -0.05) is 234 Å². The zero-order valence-electron chi connectivity index (χ0n) is 45.1. The third kappa shape index (κ3) is 41.4. The fourth-order valence-corrected chi connectivity index (χ4v) is 11.0. The minimum atomic E-state index is 1.37. The van der Waals surface area contributed by atoms with E-state index in [1.54, 1.807) is 0 Å². The van der Waals surface area contributed by atoms with Crippen LogP contribution >= 0.6 is 0 Å². The van der Waals surface area contributed by atoms with E-state index in [9.17, 15) is 0 Å².